The van der Waals surface area contributed by atoms with Gasteiger partial charge in [-0.25, -0.2) is 18.2 Å². The molecule has 1 aliphatic carbocycles. The highest BCUT2D eigenvalue weighted by Crippen LogP contribution is 2.48. The standard InChI is InChI=1S/C35H30Cl2F3N5O4/c1-34(33(42)47)16-49-31-23(34)13-25(45-30(31)21-7-8-24(39)28(37)27(21)36)22(17-3-5-20(38)6-4-17)15-43-32(46)18-11-19(14-44-35(40)9-10-35)29(41)26(12-18)48-2/h3-8,11-14,22H,9-10,15-16,41H2,1-2H3,(H2,42,47)(H,43,46)/b44-14+/t22-,34-/m0/s1. The van der Waals surface area contributed by atoms with Gasteiger partial charge in [-0.1, -0.05) is 35.3 Å². The number of hydrogen-bond acceptors (Lipinski definition) is 7. The molecule has 0 saturated heterocycles. The summed E-state index contributed by atoms with van der Waals surface area (Å²) >= 11 is 12.7. The zero-order chi connectivity index (χ0) is 35.2. The molecule has 0 radical (unpaired) electrons. The van der Waals surface area contributed by atoms with Crippen LogP contribution in [-0.4, -0.2) is 49.1 Å². The molecular weight excluding hydrogens is 682 g/mol. The van der Waals surface area contributed by atoms with Gasteiger partial charge in [0.1, 0.15) is 40.8 Å². The molecule has 1 aromatic heterocycles. The molecule has 6 rings (SSSR count). The van der Waals surface area contributed by atoms with Crippen molar-refractivity contribution in [2.75, 3.05) is 26.0 Å². The first-order valence-electron chi connectivity index (χ1n) is 15.1. The number of halogens is 5. The molecule has 2 aliphatic rings. The van der Waals surface area contributed by atoms with Crippen LogP contribution in [0.4, 0.5) is 18.9 Å². The molecule has 254 valence electrons. The molecule has 4 aromatic rings. The summed E-state index contributed by atoms with van der Waals surface area (Å²) in [6, 6.07) is 12.7. The van der Waals surface area contributed by atoms with E-state index in [-0.39, 0.29) is 57.2 Å². The van der Waals surface area contributed by atoms with Crippen LogP contribution in [0, 0.1) is 11.6 Å². The first kappa shape index (κ1) is 34.1. The summed E-state index contributed by atoms with van der Waals surface area (Å²) in [5.41, 5.74) is 13.0. The number of alkyl halides is 1. The second-order valence-electron chi connectivity index (χ2n) is 12.2. The first-order chi connectivity index (χ1) is 23.2. The van der Waals surface area contributed by atoms with E-state index in [0.717, 1.165) is 6.07 Å². The van der Waals surface area contributed by atoms with Crippen LogP contribution < -0.4 is 26.3 Å². The molecule has 2 amide bonds. The number of anilines is 1. The van der Waals surface area contributed by atoms with E-state index in [1.54, 1.807) is 13.0 Å². The van der Waals surface area contributed by atoms with Crippen LogP contribution in [-0.2, 0) is 10.2 Å². The van der Waals surface area contributed by atoms with Crippen molar-refractivity contribution in [1.29, 1.82) is 0 Å². The number of fused-ring (bicyclic) bond motifs is 1. The van der Waals surface area contributed by atoms with Gasteiger partial charge in [-0.05, 0) is 55.0 Å². The fourth-order valence-corrected chi connectivity index (χ4v) is 5.94. The third-order valence-electron chi connectivity index (χ3n) is 8.78. The molecular formula is C35H30Cl2F3N5O4. The summed E-state index contributed by atoms with van der Waals surface area (Å²) in [5, 5.41) is 2.42. The normalized spacial score (nSPS) is 18.1. The van der Waals surface area contributed by atoms with Crippen LogP contribution in [0.1, 0.15) is 58.4 Å². The summed E-state index contributed by atoms with van der Waals surface area (Å²) < 4.78 is 53.9. The average Bonchev–Trinajstić information content (AvgIpc) is 3.72. The topological polar surface area (TPSA) is 142 Å². The largest absolute Gasteiger partial charge is 0.495 e. The zero-order valence-electron chi connectivity index (χ0n) is 26.3. The predicted molar refractivity (Wildman–Crippen MR) is 180 cm³/mol. The van der Waals surface area contributed by atoms with Crippen LogP contribution in [0.5, 0.6) is 11.5 Å². The maximum absolute atomic E-state index is 14.3. The van der Waals surface area contributed by atoms with Gasteiger partial charge in [-0.15, -0.1) is 0 Å². The minimum absolute atomic E-state index is 0.0779. The molecule has 9 nitrogen and oxygen atoms in total. The maximum Gasteiger partial charge on any atom is 0.251 e. The number of nitrogen functional groups attached to an aromatic ring is 1. The second kappa shape index (κ2) is 12.9. The van der Waals surface area contributed by atoms with Crippen molar-refractivity contribution in [3.63, 3.8) is 0 Å². The van der Waals surface area contributed by atoms with E-state index in [2.05, 4.69) is 10.3 Å². The Morgan fingerprint density at radius 1 is 1.12 bits per heavy atom. The van der Waals surface area contributed by atoms with Gasteiger partial charge in [0.05, 0.1) is 28.5 Å². The summed E-state index contributed by atoms with van der Waals surface area (Å²) in [4.78, 5) is 35.2. The van der Waals surface area contributed by atoms with Crippen molar-refractivity contribution in [2.24, 2.45) is 10.7 Å². The highest BCUT2D eigenvalue weighted by molar-refractivity contribution is 6.43. The summed E-state index contributed by atoms with van der Waals surface area (Å²) in [6.45, 7) is 1.44. The van der Waals surface area contributed by atoms with Crippen molar-refractivity contribution in [1.82, 2.24) is 10.3 Å². The number of nitrogens with two attached hydrogens (primary N) is 2. The zero-order valence-corrected chi connectivity index (χ0v) is 27.8. The number of methoxy groups -OCH3 is 1. The molecule has 0 unspecified atom stereocenters. The Balaban J connectivity index is 1.43. The lowest BCUT2D eigenvalue weighted by Gasteiger charge is -2.23. The van der Waals surface area contributed by atoms with Crippen molar-refractivity contribution < 1.29 is 32.2 Å². The molecule has 14 heteroatoms. The third kappa shape index (κ3) is 6.50. The molecule has 1 aliphatic heterocycles. The van der Waals surface area contributed by atoms with Gasteiger partial charge < -0.3 is 26.3 Å². The monoisotopic (exact) mass is 711 g/mol. The Hall–Kier alpha value is -4.81. The maximum atomic E-state index is 14.3. The number of aliphatic imine (C=N–C) groups is 1. The number of rotatable bonds is 10. The molecule has 1 saturated carbocycles. The van der Waals surface area contributed by atoms with Crippen molar-refractivity contribution in [2.45, 2.75) is 36.9 Å². The minimum atomic E-state index is -1.64. The van der Waals surface area contributed by atoms with Gasteiger partial charge in [0.2, 0.25) is 5.91 Å². The number of ether oxygens (including phenoxy) is 2. The van der Waals surface area contributed by atoms with Gasteiger partial charge in [-0.2, -0.15) is 0 Å². The Morgan fingerprint density at radius 2 is 1.84 bits per heavy atom. The fraction of sp³-hybridized carbons (Fsp3) is 0.257. The molecule has 5 N–H and O–H groups in total. The minimum Gasteiger partial charge on any atom is -0.495 e. The highest BCUT2D eigenvalue weighted by Gasteiger charge is 2.45. The smallest absolute Gasteiger partial charge is 0.251 e. The number of aromatic nitrogens is 1. The Kier molecular flexibility index (Phi) is 8.97. The van der Waals surface area contributed by atoms with E-state index in [1.807, 2.05) is 0 Å². The second-order valence-corrected chi connectivity index (χ2v) is 12.9. The molecule has 3 aromatic carbocycles. The lowest BCUT2D eigenvalue weighted by molar-refractivity contribution is -0.123. The fourth-order valence-electron chi connectivity index (χ4n) is 5.53. The van der Waals surface area contributed by atoms with E-state index in [1.165, 1.54) is 55.8 Å². The summed E-state index contributed by atoms with van der Waals surface area (Å²) in [5.74, 6) is -4.41. The van der Waals surface area contributed by atoms with E-state index in [9.17, 15) is 22.8 Å². The number of carbonyl (C=O) groups is 2. The lowest BCUT2D eigenvalue weighted by Crippen LogP contribution is -2.40. The number of nitrogens with one attached hydrogen (secondary N) is 1. The van der Waals surface area contributed by atoms with E-state index in [4.69, 9.17) is 49.1 Å². The van der Waals surface area contributed by atoms with Gasteiger partial charge in [0, 0.05) is 53.8 Å². The Morgan fingerprint density at radius 3 is 2.49 bits per heavy atom. The van der Waals surface area contributed by atoms with Crippen molar-refractivity contribution >= 4 is 46.9 Å². The van der Waals surface area contributed by atoms with Crippen molar-refractivity contribution in [3.05, 3.63) is 104 Å². The number of nitrogens with zero attached hydrogens (tertiary/aromatic N) is 2. The van der Waals surface area contributed by atoms with E-state index < -0.39 is 40.6 Å². The first-order valence-corrected chi connectivity index (χ1v) is 15.9. The Labute approximate surface area is 289 Å². The SMILES string of the molecule is COc1cc(C(=O)NC[C@@H](c2ccc(F)cc2)c2cc3c(c(-c4ccc(F)c(Cl)c4Cl)n2)OC[C@]3(C)C(N)=O)cc(/C=N/C2(F)CC2)c1N. The number of carbonyl (C=O) groups excluding carboxylic acids is 2. The summed E-state index contributed by atoms with van der Waals surface area (Å²) in [6.07, 6.45) is 1.88. The van der Waals surface area contributed by atoms with Crippen LogP contribution in [0.25, 0.3) is 11.3 Å². The van der Waals surface area contributed by atoms with Crippen molar-refractivity contribution in [3.8, 4) is 22.8 Å². The number of hydrogen-bond donors (Lipinski definition) is 3. The Bertz CT molecular complexity index is 2020. The molecule has 0 spiro atoms. The molecule has 0 bridgehead atoms. The van der Waals surface area contributed by atoms with Crippen LogP contribution >= 0.6 is 23.2 Å². The quantitative estimate of drug-likeness (QED) is 0.0742. The predicted octanol–water partition coefficient (Wildman–Crippen LogP) is 6.50. The number of primary amides is 1. The summed E-state index contributed by atoms with van der Waals surface area (Å²) in [7, 11) is 1.39. The van der Waals surface area contributed by atoms with E-state index >= 15 is 0 Å². The van der Waals surface area contributed by atoms with Gasteiger partial charge >= 0.3 is 0 Å². The highest BCUT2D eigenvalue weighted by atomic mass is 35.5. The van der Waals surface area contributed by atoms with Gasteiger partial charge in [0.15, 0.2) is 5.79 Å². The molecule has 2 heterocycles. The number of pyridine rings is 1. The third-order valence-corrected chi connectivity index (χ3v) is 9.64. The molecule has 49 heavy (non-hydrogen) atoms. The van der Waals surface area contributed by atoms with Gasteiger partial charge in [-0.3, -0.25) is 14.6 Å². The lowest BCUT2D eigenvalue weighted by atomic mass is 9.81. The molecule has 1 fully saturated rings. The average molecular weight is 713 g/mol. The van der Waals surface area contributed by atoms with Crippen LogP contribution in [0.15, 0.2) is 59.6 Å². The molecule has 2 atom stereocenters. The van der Waals surface area contributed by atoms with Gasteiger partial charge in [0.25, 0.3) is 5.91 Å². The van der Waals surface area contributed by atoms with E-state index in [0.29, 0.717) is 35.2 Å². The number of benzene rings is 3. The van der Waals surface area contributed by atoms with Crippen LogP contribution in [0.3, 0.4) is 0 Å². The number of amides is 2. The van der Waals surface area contributed by atoms with Crippen LogP contribution in [0.2, 0.25) is 10.0 Å².